The second-order valence-electron chi connectivity index (χ2n) is 3.57. The van der Waals surface area contributed by atoms with Crippen LogP contribution in [0.15, 0.2) is 12.4 Å². The third-order valence-electron chi connectivity index (χ3n) is 2.10. The lowest BCUT2D eigenvalue weighted by Crippen LogP contribution is -2.29. The molecular formula is C11H20N4O. The molecule has 0 bridgehead atoms. The van der Waals surface area contributed by atoms with Crippen LogP contribution in [0.3, 0.4) is 0 Å². The van der Waals surface area contributed by atoms with E-state index in [1.165, 1.54) is 0 Å². The summed E-state index contributed by atoms with van der Waals surface area (Å²) in [5, 5.41) is 6.55. The molecule has 5 heteroatoms. The fraction of sp³-hybridized carbons (Fsp3) is 0.636. The highest BCUT2D eigenvalue weighted by Crippen LogP contribution is 1.92. The fourth-order valence-electron chi connectivity index (χ4n) is 1.20. The number of hydrogen-bond donors (Lipinski definition) is 2. The maximum absolute atomic E-state index is 4.93. The average Bonchev–Trinajstić information content (AvgIpc) is 2.30. The quantitative estimate of drug-likeness (QED) is 0.614. The first-order chi connectivity index (χ1) is 7.83. The van der Waals surface area contributed by atoms with Gasteiger partial charge >= 0.3 is 0 Å². The van der Waals surface area contributed by atoms with E-state index >= 15 is 0 Å². The molecule has 1 aromatic rings. The van der Waals surface area contributed by atoms with Gasteiger partial charge in [-0.3, -0.25) is 9.97 Å². The standard InChI is InChI=1S/C11H20N4O/c1-10-7-15-11(9-14-10)8-13-4-3-12-5-6-16-2/h7,9,12-13H,3-6,8H2,1-2H3. The van der Waals surface area contributed by atoms with Crippen LogP contribution in [0, 0.1) is 6.92 Å². The molecule has 0 fully saturated rings. The second-order valence-corrected chi connectivity index (χ2v) is 3.57. The molecule has 2 N–H and O–H groups in total. The molecule has 1 rings (SSSR count). The smallest absolute Gasteiger partial charge is 0.0724 e. The summed E-state index contributed by atoms with van der Waals surface area (Å²) in [6, 6.07) is 0. The molecule has 0 saturated carbocycles. The summed E-state index contributed by atoms with van der Waals surface area (Å²) < 4.78 is 4.93. The molecule has 1 aromatic heterocycles. The SMILES string of the molecule is COCCNCCNCc1cnc(C)cn1. The summed E-state index contributed by atoms with van der Waals surface area (Å²) >= 11 is 0. The highest BCUT2D eigenvalue weighted by Gasteiger charge is 1.94. The van der Waals surface area contributed by atoms with E-state index in [2.05, 4.69) is 20.6 Å². The number of nitrogens with zero attached hydrogens (tertiary/aromatic N) is 2. The minimum Gasteiger partial charge on any atom is -0.383 e. The molecule has 1 heterocycles. The Morgan fingerprint density at radius 3 is 2.62 bits per heavy atom. The molecule has 0 aliphatic rings. The second kappa shape index (κ2) is 8.15. The molecular weight excluding hydrogens is 204 g/mol. The molecule has 0 aliphatic heterocycles. The lowest BCUT2D eigenvalue weighted by Gasteiger charge is -2.05. The molecule has 0 amide bonds. The van der Waals surface area contributed by atoms with Crippen molar-refractivity contribution in [1.29, 1.82) is 0 Å². The topological polar surface area (TPSA) is 59.1 Å². The monoisotopic (exact) mass is 224 g/mol. The van der Waals surface area contributed by atoms with E-state index in [1.807, 2.05) is 6.92 Å². The first-order valence-corrected chi connectivity index (χ1v) is 5.51. The van der Waals surface area contributed by atoms with Gasteiger partial charge in [-0.05, 0) is 6.92 Å². The lowest BCUT2D eigenvalue weighted by molar-refractivity contribution is 0.199. The molecule has 16 heavy (non-hydrogen) atoms. The first-order valence-electron chi connectivity index (χ1n) is 5.51. The summed E-state index contributed by atoms with van der Waals surface area (Å²) in [6.07, 6.45) is 3.59. The fourth-order valence-corrected chi connectivity index (χ4v) is 1.20. The third-order valence-corrected chi connectivity index (χ3v) is 2.10. The van der Waals surface area contributed by atoms with E-state index in [-0.39, 0.29) is 0 Å². The largest absolute Gasteiger partial charge is 0.383 e. The van der Waals surface area contributed by atoms with Crippen LogP contribution in [0.1, 0.15) is 11.4 Å². The van der Waals surface area contributed by atoms with Crippen LogP contribution in [0.25, 0.3) is 0 Å². The van der Waals surface area contributed by atoms with Gasteiger partial charge in [-0.25, -0.2) is 0 Å². The Kier molecular flexibility index (Phi) is 6.64. The van der Waals surface area contributed by atoms with Crippen LogP contribution in [-0.4, -0.2) is 43.3 Å². The lowest BCUT2D eigenvalue weighted by atomic mass is 10.4. The summed E-state index contributed by atoms with van der Waals surface area (Å²) in [7, 11) is 1.70. The first kappa shape index (κ1) is 13.0. The number of rotatable bonds is 8. The normalized spacial score (nSPS) is 10.6. The van der Waals surface area contributed by atoms with Crippen LogP contribution in [0.5, 0.6) is 0 Å². The Balaban J connectivity index is 2.01. The van der Waals surface area contributed by atoms with Crippen LogP contribution < -0.4 is 10.6 Å². The Bertz CT molecular complexity index is 276. The minimum absolute atomic E-state index is 0.753. The Morgan fingerprint density at radius 2 is 1.94 bits per heavy atom. The molecule has 90 valence electrons. The van der Waals surface area contributed by atoms with Gasteiger partial charge in [0.1, 0.15) is 0 Å². The zero-order valence-electron chi connectivity index (χ0n) is 9.99. The van der Waals surface area contributed by atoms with Crippen molar-refractivity contribution in [2.24, 2.45) is 0 Å². The van der Waals surface area contributed by atoms with Crippen LogP contribution >= 0.6 is 0 Å². The van der Waals surface area contributed by atoms with E-state index in [1.54, 1.807) is 19.5 Å². The maximum Gasteiger partial charge on any atom is 0.0724 e. The summed E-state index contributed by atoms with van der Waals surface area (Å²) in [5.74, 6) is 0. The molecule has 0 atom stereocenters. The van der Waals surface area contributed by atoms with Gasteiger partial charge in [0, 0.05) is 45.7 Å². The Morgan fingerprint density at radius 1 is 1.12 bits per heavy atom. The number of hydrogen-bond acceptors (Lipinski definition) is 5. The van der Waals surface area contributed by atoms with Gasteiger partial charge in [-0.15, -0.1) is 0 Å². The van der Waals surface area contributed by atoms with Crippen molar-refractivity contribution in [3.8, 4) is 0 Å². The van der Waals surface area contributed by atoms with Gasteiger partial charge in [-0.2, -0.15) is 0 Å². The summed E-state index contributed by atoms with van der Waals surface area (Å²) in [6.45, 7) is 6.19. The molecule has 0 saturated heterocycles. The van der Waals surface area contributed by atoms with Gasteiger partial charge in [0.05, 0.1) is 18.0 Å². The molecule has 0 unspecified atom stereocenters. The highest BCUT2D eigenvalue weighted by molar-refractivity contribution is 4.99. The van der Waals surface area contributed by atoms with Gasteiger partial charge < -0.3 is 15.4 Å². The number of nitrogens with one attached hydrogen (secondary N) is 2. The predicted octanol–water partition coefficient (Wildman–Crippen LogP) is 0.111. The van der Waals surface area contributed by atoms with Gasteiger partial charge in [-0.1, -0.05) is 0 Å². The summed E-state index contributed by atoms with van der Waals surface area (Å²) in [5.41, 5.74) is 1.92. The maximum atomic E-state index is 4.93. The zero-order chi connectivity index (χ0) is 11.6. The third kappa shape index (κ3) is 5.75. The minimum atomic E-state index is 0.753. The van der Waals surface area contributed by atoms with Crippen molar-refractivity contribution in [1.82, 2.24) is 20.6 Å². The Labute approximate surface area is 96.6 Å². The van der Waals surface area contributed by atoms with E-state index in [0.29, 0.717) is 0 Å². The van der Waals surface area contributed by atoms with Crippen LogP contribution in [0.4, 0.5) is 0 Å². The molecule has 0 radical (unpaired) electrons. The van der Waals surface area contributed by atoms with Crippen LogP contribution in [0.2, 0.25) is 0 Å². The van der Waals surface area contributed by atoms with Crippen molar-refractivity contribution in [2.45, 2.75) is 13.5 Å². The predicted molar refractivity (Wildman–Crippen MR) is 63.2 cm³/mol. The van der Waals surface area contributed by atoms with Crippen molar-refractivity contribution in [3.05, 3.63) is 23.8 Å². The van der Waals surface area contributed by atoms with Crippen molar-refractivity contribution in [2.75, 3.05) is 33.4 Å². The number of methoxy groups -OCH3 is 1. The van der Waals surface area contributed by atoms with E-state index in [0.717, 1.165) is 44.2 Å². The van der Waals surface area contributed by atoms with Crippen LogP contribution in [-0.2, 0) is 11.3 Å². The van der Waals surface area contributed by atoms with E-state index in [9.17, 15) is 0 Å². The van der Waals surface area contributed by atoms with Gasteiger partial charge in [0.2, 0.25) is 0 Å². The number of aryl methyl sites for hydroxylation is 1. The average molecular weight is 224 g/mol. The molecule has 0 spiro atoms. The highest BCUT2D eigenvalue weighted by atomic mass is 16.5. The Hall–Kier alpha value is -1.04. The number of ether oxygens (including phenoxy) is 1. The summed E-state index contributed by atoms with van der Waals surface area (Å²) in [4.78, 5) is 8.44. The van der Waals surface area contributed by atoms with Gasteiger partial charge in [0.25, 0.3) is 0 Å². The van der Waals surface area contributed by atoms with Crippen molar-refractivity contribution < 1.29 is 4.74 Å². The van der Waals surface area contributed by atoms with Gasteiger partial charge in [0.15, 0.2) is 0 Å². The molecule has 0 aromatic carbocycles. The molecule has 0 aliphatic carbocycles. The van der Waals surface area contributed by atoms with E-state index < -0.39 is 0 Å². The molecule has 5 nitrogen and oxygen atoms in total. The number of aromatic nitrogens is 2. The van der Waals surface area contributed by atoms with E-state index in [4.69, 9.17) is 4.74 Å². The van der Waals surface area contributed by atoms with Crippen molar-refractivity contribution in [3.63, 3.8) is 0 Å². The zero-order valence-corrected chi connectivity index (χ0v) is 9.99. The van der Waals surface area contributed by atoms with Crippen molar-refractivity contribution >= 4 is 0 Å².